The van der Waals surface area contributed by atoms with Crippen molar-refractivity contribution in [3.05, 3.63) is 146 Å². The molecule has 0 amide bonds. The Morgan fingerprint density at radius 1 is 0.333 bits per heavy atom. The molecule has 0 fully saturated rings. The molecule has 1 atom stereocenters. The van der Waals surface area contributed by atoms with Gasteiger partial charge in [-0.3, -0.25) is 14.4 Å². The normalized spacial score (nSPS) is 13.4. The smallest absolute Gasteiger partial charge is 0.309 e. The minimum Gasteiger partial charge on any atom is -0.462 e. The summed E-state index contributed by atoms with van der Waals surface area (Å²) in [6, 6.07) is 0. The number of allylic oxidation sites excluding steroid dienone is 23. The molecule has 0 bridgehead atoms. The lowest BCUT2D eigenvalue weighted by Crippen LogP contribution is -2.30. The Balaban J connectivity index is 4.65. The monoisotopic (exact) mass is 867 g/mol. The Morgan fingerprint density at radius 3 is 1.06 bits per heavy atom. The zero-order chi connectivity index (χ0) is 45.8. The molecule has 1 unspecified atom stereocenters. The van der Waals surface area contributed by atoms with Crippen LogP contribution in [0.15, 0.2) is 146 Å². The minimum absolute atomic E-state index is 0.107. The second-order valence-electron chi connectivity index (χ2n) is 15.2. The van der Waals surface area contributed by atoms with E-state index in [1.54, 1.807) is 6.08 Å². The number of carbonyl (C=O) groups is 3. The van der Waals surface area contributed by atoms with E-state index in [1.165, 1.54) is 0 Å². The van der Waals surface area contributed by atoms with E-state index in [4.69, 9.17) is 14.2 Å². The van der Waals surface area contributed by atoms with E-state index in [0.717, 1.165) is 128 Å². The van der Waals surface area contributed by atoms with Crippen LogP contribution in [0.1, 0.15) is 175 Å². The van der Waals surface area contributed by atoms with Crippen molar-refractivity contribution in [2.45, 2.75) is 181 Å². The Labute approximate surface area is 385 Å². The lowest BCUT2D eigenvalue weighted by atomic mass is 10.1. The van der Waals surface area contributed by atoms with Gasteiger partial charge in [-0.15, -0.1) is 0 Å². The van der Waals surface area contributed by atoms with Gasteiger partial charge in [-0.1, -0.05) is 186 Å². The summed E-state index contributed by atoms with van der Waals surface area (Å²) in [7, 11) is 0. The lowest BCUT2D eigenvalue weighted by Gasteiger charge is -2.18. The van der Waals surface area contributed by atoms with Crippen LogP contribution in [0.3, 0.4) is 0 Å². The zero-order valence-corrected chi connectivity index (χ0v) is 39.8. The van der Waals surface area contributed by atoms with Crippen molar-refractivity contribution in [1.82, 2.24) is 0 Å². The third-order valence-corrected chi connectivity index (χ3v) is 9.35. The van der Waals surface area contributed by atoms with Gasteiger partial charge < -0.3 is 14.2 Å². The Hall–Kier alpha value is -4.71. The van der Waals surface area contributed by atoms with E-state index in [9.17, 15) is 14.4 Å². The highest BCUT2D eigenvalue weighted by Crippen LogP contribution is 2.11. The van der Waals surface area contributed by atoms with Gasteiger partial charge >= 0.3 is 17.9 Å². The molecule has 0 heterocycles. The van der Waals surface area contributed by atoms with Crippen LogP contribution in [-0.2, 0) is 28.6 Å². The first-order valence-electron chi connectivity index (χ1n) is 24.3. The average Bonchev–Trinajstić information content (AvgIpc) is 3.28. The van der Waals surface area contributed by atoms with Gasteiger partial charge in [0.05, 0.1) is 6.42 Å². The van der Waals surface area contributed by atoms with Crippen LogP contribution in [0.25, 0.3) is 0 Å². The Kier molecular flexibility index (Phi) is 46.2. The van der Waals surface area contributed by atoms with Gasteiger partial charge in [-0.25, -0.2) is 0 Å². The van der Waals surface area contributed by atoms with Gasteiger partial charge in [0.2, 0.25) is 0 Å². The van der Waals surface area contributed by atoms with Crippen LogP contribution in [0, 0.1) is 0 Å². The van der Waals surface area contributed by atoms with Crippen molar-refractivity contribution in [3.8, 4) is 0 Å². The van der Waals surface area contributed by atoms with E-state index in [0.29, 0.717) is 12.8 Å². The molecule has 6 heteroatoms. The highest BCUT2D eigenvalue weighted by Gasteiger charge is 2.19. The second kappa shape index (κ2) is 49.9. The van der Waals surface area contributed by atoms with Crippen molar-refractivity contribution >= 4 is 17.9 Å². The fourth-order valence-electron chi connectivity index (χ4n) is 5.81. The molecule has 0 N–H and O–H groups in total. The molecule has 0 rings (SSSR count). The Morgan fingerprint density at radius 2 is 0.635 bits per heavy atom. The molecule has 350 valence electrons. The second-order valence-corrected chi connectivity index (χ2v) is 15.2. The summed E-state index contributed by atoms with van der Waals surface area (Å²) in [4.78, 5) is 37.9. The van der Waals surface area contributed by atoms with Crippen LogP contribution < -0.4 is 0 Å². The summed E-state index contributed by atoms with van der Waals surface area (Å²) in [6.07, 6.45) is 71.4. The molecule has 0 saturated heterocycles. The maximum atomic E-state index is 12.8. The SMILES string of the molecule is CC/C=C\C/C=C\C/C=C\C/C=C\C/C=C\CC(=O)OCC(COC(=O)CCCCCCC/C=C\C/C=C\C/C=C\CC)OC(=O)CCCC/C=C\C/C=C\C/C=C\C/C=C\CC. The van der Waals surface area contributed by atoms with Crippen molar-refractivity contribution in [2.75, 3.05) is 13.2 Å². The number of esters is 3. The number of hydrogen-bond acceptors (Lipinski definition) is 6. The van der Waals surface area contributed by atoms with E-state index in [2.05, 4.69) is 154 Å². The van der Waals surface area contributed by atoms with Crippen LogP contribution in [0.2, 0.25) is 0 Å². The molecular weight excluding hydrogens is 781 g/mol. The third-order valence-electron chi connectivity index (χ3n) is 9.35. The number of carbonyl (C=O) groups excluding carboxylic acids is 3. The summed E-state index contributed by atoms with van der Waals surface area (Å²) in [5.41, 5.74) is 0. The largest absolute Gasteiger partial charge is 0.462 e. The van der Waals surface area contributed by atoms with Crippen LogP contribution in [0.4, 0.5) is 0 Å². The van der Waals surface area contributed by atoms with Gasteiger partial charge in [0, 0.05) is 12.8 Å². The van der Waals surface area contributed by atoms with Crippen molar-refractivity contribution in [3.63, 3.8) is 0 Å². The summed E-state index contributed by atoms with van der Waals surface area (Å²) >= 11 is 0. The highest BCUT2D eigenvalue weighted by molar-refractivity contribution is 5.72. The van der Waals surface area contributed by atoms with Crippen LogP contribution in [0.5, 0.6) is 0 Å². The Bertz CT molecular complexity index is 1460. The van der Waals surface area contributed by atoms with Crippen molar-refractivity contribution < 1.29 is 28.6 Å². The fraction of sp³-hybridized carbons (Fsp3) is 0.526. The molecule has 0 aromatic heterocycles. The van der Waals surface area contributed by atoms with Gasteiger partial charge in [0.15, 0.2) is 6.10 Å². The molecule has 0 aromatic rings. The van der Waals surface area contributed by atoms with E-state index in [-0.39, 0.29) is 38.0 Å². The molecule has 6 nitrogen and oxygen atoms in total. The molecule has 0 aliphatic heterocycles. The molecule has 0 aliphatic rings. The standard InChI is InChI=1S/C57H86O6/c1-4-7-10-13-16-19-22-25-28-31-34-37-40-43-46-49-55(58)61-52-54(63-57(60)51-48-45-42-39-36-33-30-27-24-21-18-15-12-9-6-3)53-62-56(59)50-47-44-41-38-35-32-29-26-23-20-17-14-11-8-5-2/h7-12,16-21,25-30,34,36-37,39,43,46,54H,4-6,13-15,22-24,31-33,35,38,40-42,44-45,47-53H2,1-3H3/b10-7-,11-8-,12-9-,19-16-,20-17-,21-18-,28-25-,29-26-,30-27-,37-34-,39-36-,46-43-. The van der Waals surface area contributed by atoms with Gasteiger partial charge in [0.1, 0.15) is 13.2 Å². The van der Waals surface area contributed by atoms with Crippen molar-refractivity contribution in [1.29, 1.82) is 0 Å². The number of unbranched alkanes of at least 4 members (excludes halogenated alkanes) is 7. The van der Waals surface area contributed by atoms with Crippen LogP contribution in [-0.4, -0.2) is 37.2 Å². The predicted molar refractivity (Wildman–Crippen MR) is 269 cm³/mol. The topological polar surface area (TPSA) is 78.9 Å². The first kappa shape index (κ1) is 58.3. The molecule has 0 saturated carbocycles. The predicted octanol–water partition coefficient (Wildman–Crippen LogP) is 16.1. The molecule has 0 aromatic carbocycles. The van der Waals surface area contributed by atoms with Crippen LogP contribution >= 0.6 is 0 Å². The summed E-state index contributed by atoms with van der Waals surface area (Å²) < 4.78 is 16.6. The quantitative estimate of drug-likeness (QED) is 0.0264. The third kappa shape index (κ3) is 48.2. The van der Waals surface area contributed by atoms with Gasteiger partial charge in [-0.2, -0.15) is 0 Å². The van der Waals surface area contributed by atoms with E-state index in [1.807, 2.05) is 6.08 Å². The van der Waals surface area contributed by atoms with E-state index < -0.39 is 12.1 Å². The summed E-state index contributed by atoms with van der Waals surface area (Å²) in [6.45, 7) is 6.12. The molecule has 0 aliphatic carbocycles. The maximum Gasteiger partial charge on any atom is 0.309 e. The number of hydrogen-bond donors (Lipinski definition) is 0. The fourth-order valence-corrected chi connectivity index (χ4v) is 5.81. The van der Waals surface area contributed by atoms with Gasteiger partial charge in [0.25, 0.3) is 0 Å². The molecule has 0 spiro atoms. The molecule has 63 heavy (non-hydrogen) atoms. The minimum atomic E-state index is -0.852. The molecular formula is C57H86O6. The first-order valence-corrected chi connectivity index (χ1v) is 24.3. The lowest BCUT2D eigenvalue weighted by molar-refractivity contribution is -0.166. The van der Waals surface area contributed by atoms with Crippen molar-refractivity contribution in [2.24, 2.45) is 0 Å². The van der Waals surface area contributed by atoms with Gasteiger partial charge in [-0.05, 0) is 116 Å². The number of rotatable bonds is 41. The number of ether oxygens (including phenoxy) is 3. The first-order chi connectivity index (χ1) is 31.0. The summed E-state index contributed by atoms with van der Waals surface area (Å²) in [5, 5.41) is 0. The zero-order valence-electron chi connectivity index (χ0n) is 39.8. The summed E-state index contributed by atoms with van der Waals surface area (Å²) in [5.74, 6) is -1.15. The highest BCUT2D eigenvalue weighted by atomic mass is 16.6. The maximum absolute atomic E-state index is 12.8. The average molecular weight is 867 g/mol. The van der Waals surface area contributed by atoms with E-state index >= 15 is 0 Å². The molecule has 0 radical (unpaired) electrons.